The quantitative estimate of drug-likeness (QED) is 0.891. The lowest BCUT2D eigenvalue weighted by molar-refractivity contribution is -0.137. The number of aromatic nitrogens is 1. The molecule has 0 radical (unpaired) electrons. The van der Waals surface area contributed by atoms with Crippen LogP contribution in [0.4, 0.5) is 18.9 Å². The molecule has 0 saturated carbocycles. The summed E-state index contributed by atoms with van der Waals surface area (Å²) in [7, 11) is 0. The third-order valence-corrected chi connectivity index (χ3v) is 4.19. The molecular formula is C17H18F3N3O. The molecule has 7 heteroatoms. The summed E-state index contributed by atoms with van der Waals surface area (Å²) in [5.41, 5.74) is 0.713. The number of hydrogen-bond donors (Lipinski definition) is 2. The third-order valence-electron chi connectivity index (χ3n) is 4.19. The molecule has 1 aromatic heterocycles. The van der Waals surface area contributed by atoms with Crippen LogP contribution in [-0.4, -0.2) is 28.9 Å². The van der Waals surface area contributed by atoms with Crippen molar-refractivity contribution in [3.05, 3.63) is 53.9 Å². The smallest absolute Gasteiger partial charge is 0.364 e. The molecule has 2 N–H and O–H groups in total. The second-order valence-corrected chi connectivity index (χ2v) is 5.88. The molecule has 3 rings (SSSR count). The van der Waals surface area contributed by atoms with Gasteiger partial charge in [0.2, 0.25) is 5.91 Å². The van der Waals surface area contributed by atoms with Gasteiger partial charge in [0.25, 0.3) is 0 Å². The third kappa shape index (κ3) is 3.79. The second kappa shape index (κ2) is 6.68. The second-order valence-electron chi connectivity index (χ2n) is 5.88. The SMILES string of the molecule is O=C(CN1CCC[C@@H]1c1ccc[nH]1)Nc1ccc(C(F)(F)F)cc1. The largest absolute Gasteiger partial charge is 0.416 e. The Morgan fingerprint density at radius 3 is 2.62 bits per heavy atom. The lowest BCUT2D eigenvalue weighted by Gasteiger charge is -2.23. The summed E-state index contributed by atoms with van der Waals surface area (Å²) in [6, 6.07) is 8.57. The molecule has 1 aliphatic rings. The van der Waals surface area contributed by atoms with Gasteiger partial charge in [-0.15, -0.1) is 0 Å². The zero-order valence-corrected chi connectivity index (χ0v) is 12.9. The number of hydrogen-bond acceptors (Lipinski definition) is 2. The van der Waals surface area contributed by atoms with E-state index in [1.807, 2.05) is 18.3 Å². The zero-order chi connectivity index (χ0) is 17.2. The number of alkyl halides is 3. The van der Waals surface area contributed by atoms with Gasteiger partial charge in [-0.2, -0.15) is 13.2 Å². The Morgan fingerprint density at radius 1 is 1.25 bits per heavy atom. The van der Waals surface area contributed by atoms with Crippen LogP contribution < -0.4 is 5.32 Å². The number of aromatic amines is 1. The van der Waals surface area contributed by atoms with Crippen LogP contribution >= 0.6 is 0 Å². The minimum atomic E-state index is -4.37. The van der Waals surface area contributed by atoms with Crippen LogP contribution in [0.15, 0.2) is 42.6 Å². The van der Waals surface area contributed by atoms with Crippen molar-refractivity contribution in [1.29, 1.82) is 0 Å². The van der Waals surface area contributed by atoms with Gasteiger partial charge >= 0.3 is 6.18 Å². The van der Waals surface area contributed by atoms with E-state index in [-0.39, 0.29) is 18.5 Å². The van der Waals surface area contributed by atoms with Crippen molar-refractivity contribution in [3.63, 3.8) is 0 Å². The summed E-state index contributed by atoms with van der Waals surface area (Å²) in [6.07, 6.45) is -0.527. The number of H-pyrrole nitrogens is 1. The van der Waals surface area contributed by atoms with Crippen molar-refractivity contribution in [2.75, 3.05) is 18.4 Å². The van der Waals surface area contributed by atoms with Gasteiger partial charge in [-0.3, -0.25) is 9.69 Å². The van der Waals surface area contributed by atoms with Gasteiger partial charge in [-0.05, 0) is 55.8 Å². The number of halogens is 3. The summed E-state index contributed by atoms with van der Waals surface area (Å²) in [6.45, 7) is 1.04. The summed E-state index contributed by atoms with van der Waals surface area (Å²) < 4.78 is 37.6. The van der Waals surface area contributed by atoms with Crippen LogP contribution in [0, 0.1) is 0 Å². The molecule has 1 saturated heterocycles. The van der Waals surface area contributed by atoms with Crippen molar-refractivity contribution >= 4 is 11.6 Å². The van der Waals surface area contributed by atoms with Gasteiger partial charge in [-0.1, -0.05) is 0 Å². The highest BCUT2D eigenvalue weighted by molar-refractivity contribution is 5.92. The molecule has 1 atom stereocenters. The van der Waals surface area contributed by atoms with E-state index in [0.717, 1.165) is 37.2 Å². The van der Waals surface area contributed by atoms with Gasteiger partial charge in [0.05, 0.1) is 18.2 Å². The van der Waals surface area contributed by atoms with Gasteiger partial charge in [0.1, 0.15) is 0 Å². The lowest BCUT2D eigenvalue weighted by atomic mass is 10.1. The van der Waals surface area contributed by atoms with E-state index >= 15 is 0 Å². The summed E-state index contributed by atoms with van der Waals surface area (Å²) >= 11 is 0. The fourth-order valence-corrected chi connectivity index (χ4v) is 3.05. The Hall–Kier alpha value is -2.28. The fraction of sp³-hybridized carbons (Fsp3) is 0.353. The zero-order valence-electron chi connectivity index (χ0n) is 12.9. The number of carbonyl (C=O) groups excluding carboxylic acids is 1. The number of carbonyl (C=O) groups is 1. The summed E-state index contributed by atoms with van der Waals surface area (Å²) in [5, 5.41) is 2.66. The normalized spacial score (nSPS) is 18.7. The Bertz CT molecular complexity index is 680. The van der Waals surface area contributed by atoms with Crippen molar-refractivity contribution in [2.24, 2.45) is 0 Å². The fourth-order valence-electron chi connectivity index (χ4n) is 3.05. The molecule has 0 unspecified atom stereocenters. The number of nitrogens with zero attached hydrogens (tertiary/aromatic N) is 1. The van der Waals surface area contributed by atoms with E-state index in [4.69, 9.17) is 0 Å². The molecule has 1 amide bonds. The summed E-state index contributed by atoms with van der Waals surface area (Å²) in [5.74, 6) is -0.229. The molecule has 2 heterocycles. The van der Waals surface area contributed by atoms with Crippen LogP contribution in [0.3, 0.4) is 0 Å². The van der Waals surface area contributed by atoms with Gasteiger partial charge in [-0.25, -0.2) is 0 Å². The molecule has 0 bridgehead atoms. The number of anilines is 1. The van der Waals surface area contributed by atoms with Crippen LogP contribution in [0.2, 0.25) is 0 Å². The van der Waals surface area contributed by atoms with Crippen molar-refractivity contribution < 1.29 is 18.0 Å². The highest BCUT2D eigenvalue weighted by Gasteiger charge is 2.30. The van der Waals surface area contributed by atoms with Crippen LogP contribution in [0.5, 0.6) is 0 Å². The van der Waals surface area contributed by atoms with Crippen LogP contribution in [-0.2, 0) is 11.0 Å². The van der Waals surface area contributed by atoms with E-state index < -0.39 is 11.7 Å². The van der Waals surface area contributed by atoms with E-state index in [9.17, 15) is 18.0 Å². The standard InChI is InChI=1S/C17H18F3N3O/c18-17(19,20)12-5-7-13(8-6-12)22-16(24)11-23-10-2-4-15(23)14-3-1-9-21-14/h1,3,5-9,15,21H,2,4,10-11H2,(H,22,24)/t15-/m1/s1. The van der Waals surface area contributed by atoms with E-state index in [1.165, 1.54) is 12.1 Å². The van der Waals surface area contributed by atoms with E-state index in [0.29, 0.717) is 5.69 Å². The maximum atomic E-state index is 12.5. The van der Waals surface area contributed by atoms with Gasteiger partial charge in [0, 0.05) is 17.6 Å². The monoisotopic (exact) mass is 337 g/mol. The molecular weight excluding hydrogens is 319 g/mol. The number of amides is 1. The Balaban J connectivity index is 1.59. The van der Waals surface area contributed by atoms with Gasteiger partial charge < -0.3 is 10.3 Å². The maximum Gasteiger partial charge on any atom is 0.416 e. The minimum absolute atomic E-state index is 0.179. The van der Waals surface area contributed by atoms with Crippen molar-refractivity contribution in [1.82, 2.24) is 9.88 Å². The molecule has 24 heavy (non-hydrogen) atoms. The van der Waals surface area contributed by atoms with E-state index in [2.05, 4.69) is 15.2 Å². The predicted octanol–water partition coefficient (Wildman–Crippen LogP) is 3.81. The Kier molecular flexibility index (Phi) is 4.62. The molecule has 0 spiro atoms. The first-order chi connectivity index (χ1) is 11.4. The predicted molar refractivity (Wildman–Crippen MR) is 84.4 cm³/mol. The number of nitrogens with one attached hydrogen (secondary N) is 2. The first-order valence-electron chi connectivity index (χ1n) is 7.78. The number of benzene rings is 1. The molecule has 1 fully saturated rings. The Labute approximate surface area is 137 Å². The minimum Gasteiger partial charge on any atom is -0.364 e. The summed E-state index contributed by atoms with van der Waals surface area (Å²) in [4.78, 5) is 17.4. The number of likely N-dealkylation sites (tertiary alicyclic amines) is 1. The number of rotatable bonds is 4. The van der Waals surface area contributed by atoms with Crippen LogP contribution in [0.1, 0.15) is 30.1 Å². The molecule has 1 aromatic carbocycles. The Morgan fingerprint density at radius 2 is 2.00 bits per heavy atom. The average molecular weight is 337 g/mol. The molecule has 2 aromatic rings. The maximum absolute atomic E-state index is 12.5. The topological polar surface area (TPSA) is 48.1 Å². The first-order valence-corrected chi connectivity index (χ1v) is 7.78. The molecule has 128 valence electrons. The highest BCUT2D eigenvalue weighted by atomic mass is 19.4. The van der Waals surface area contributed by atoms with Crippen LogP contribution in [0.25, 0.3) is 0 Å². The van der Waals surface area contributed by atoms with Gasteiger partial charge in [0.15, 0.2) is 0 Å². The lowest BCUT2D eigenvalue weighted by Crippen LogP contribution is -2.33. The molecule has 0 aliphatic carbocycles. The first kappa shape index (κ1) is 16.6. The van der Waals surface area contributed by atoms with Crippen molar-refractivity contribution in [2.45, 2.75) is 25.1 Å². The highest BCUT2D eigenvalue weighted by Crippen LogP contribution is 2.31. The van der Waals surface area contributed by atoms with Crippen molar-refractivity contribution in [3.8, 4) is 0 Å². The molecule has 1 aliphatic heterocycles. The molecule has 4 nitrogen and oxygen atoms in total. The average Bonchev–Trinajstić information content (AvgIpc) is 3.17. The van der Waals surface area contributed by atoms with E-state index in [1.54, 1.807) is 0 Å².